The van der Waals surface area contributed by atoms with Crippen LogP contribution in [0.4, 0.5) is 11.4 Å². The first-order valence-corrected chi connectivity index (χ1v) is 16.0. The van der Waals surface area contributed by atoms with E-state index in [1.807, 2.05) is 31.2 Å². The van der Waals surface area contributed by atoms with Gasteiger partial charge >= 0.3 is 0 Å². The molecule has 0 aliphatic carbocycles. The summed E-state index contributed by atoms with van der Waals surface area (Å²) in [7, 11) is 0. The third-order valence-electron chi connectivity index (χ3n) is 9.01. The Hall–Kier alpha value is -2.69. The molecule has 0 radical (unpaired) electrons. The second-order valence-corrected chi connectivity index (χ2v) is 12.6. The summed E-state index contributed by atoms with van der Waals surface area (Å²) in [6, 6.07) is 6.14. The average Bonchev–Trinajstić information content (AvgIpc) is 3.59. The third-order valence-corrected chi connectivity index (χ3v) is 9.85. The maximum atomic E-state index is 14.7. The Morgan fingerprint density at radius 2 is 1.74 bits per heavy atom. The molecule has 3 amide bonds. The fourth-order valence-corrected chi connectivity index (χ4v) is 8.09. The van der Waals surface area contributed by atoms with Crippen molar-refractivity contribution in [2.24, 2.45) is 11.8 Å². The van der Waals surface area contributed by atoms with E-state index in [1.54, 1.807) is 28.9 Å². The number of hydrogen-bond acceptors (Lipinski definition) is 6. The van der Waals surface area contributed by atoms with E-state index in [4.69, 9.17) is 4.74 Å². The number of aliphatic hydroxyl groups excluding tert-OH is 1. The Morgan fingerprint density at radius 3 is 2.29 bits per heavy atom. The van der Waals surface area contributed by atoms with Gasteiger partial charge < -0.3 is 29.4 Å². The standard InChI is InChI=1S/C32H45BrN4O5/c1-7-16-35(17-8-2)29(39)25-26-30(40)37(21(6)20-38)28(32(26)19-24(33)27(25)42-32)31(41)36(18-9-3)23-14-12-22(13-15-23)34(10-4)11-5/h7,9,12-15,21,24-28,38H,1,3,8,10-11,16-20H2,2,4-6H3/t21-,24?,25+,26+,27+,28?,32?/m1/s1. The summed E-state index contributed by atoms with van der Waals surface area (Å²) in [6.07, 6.45) is 3.97. The summed E-state index contributed by atoms with van der Waals surface area (Å²) >= 11 is 3.74. The van der Waals surface area contributed by atoms with Crippen molar-refractivity contribution in [1.82, 2.24) is 9.80 Å². The molecule has 3 aliphatic heterocycles. The van der Waals surface area contributed by atoms with Crippen LogP contribution in [0.3, 0.4) is 0 Å². The minimum absolute atomic E-state index is 0.161. The summed E-state index contributed by atoms with van der Waals surface area (Å²) in [5.41, 5.74) is 0.524. The predicted octanol–water partition coefficient (Wildman–Crippen LogP) is 3.61. The molecule has 1 N–H and O–H groups in total. The number of nitrogens with zero attached hydrogens (tertiary/aromatic N) is 4. The van der Waals surface area contributed by atoms with Crippen LogP contribution in [0.5, 0.6) is 0 Å². The number of alkyl halides is 1. The summed E-state index contributed by atoms with van der Waals surface area (Å²) in [5, 5.41) is 10.2. The average molecular weight is 646 g/mol. The van der Waals surface area contributed by atoms with Gasteiger partial charge in [-0.3, -0.25) is 14.4 Å². The molecule has 10 heteroatoms. The molecule has 3 fully saturated rings. The minimum Gasteiger partial charge on any atom is -0.394 e. The van der Waals surface area contributed by atoms with Crippen molar-refractivity contribution in [3.8, 4) is 0 Å². The number of carbonyl (C=O) groups is 3. The molecular formula is C32H45BrN4O5. The fraction of sp³-hybridized carbons (Fsp3) is 0.594. The highest BCUT2D eigenvalue weighted by atomic mass is 79.9. The molecule has 9 nitrogen and oxygen atoms in total. The van der Waals surface area contributed by atoms with Crippen LogP contribution in [0.15, 0.2) is 49.6 Å². The smallest absolute Gasteiger partial charge is 0.253 e. The number of fused-ring (bicyclic) bond motifs is 1. The summed E-state index contributed by atoms with van der Waals surface area (Å²) in [4.78, 5) is 49.8. The Bertz CT molecular complexity index is 1170. The number of halogens is 1. The van der Waals surface area contributed by atoms with Gasteiger partial charge in [-0.15, -0.1) is 13.2 Å². The molecule has 3 heterocycles. The summed E-state index contributed by atoms with van der Waals surface area (Å²) in [5.74, 6) is -2.36. The predicted molar refractivity (Wildman–Crippen MR) is 169 cm³/mol. The maximum Gasteiger partial charge on any atom is 0.253 e. The molecule has 0 saturated carbocycles. The number of aliphatic hydroxyl groups is 1. The monoisotopic (exact) mass is 644 g/mol. The molecule has 7 atom stereocenters. The van der Waals surface area contributed by atoms with Gasteiger partial charge in [0.15, 0.2) is 0 Å². The van der Waals surface area contributed by atoms with E-state index < -0.39 is 35.6 Å². The number of anilines is 2. The Morgan fingerprint density at radius 1 is 1.12 bits per heavy atom. The van der Waals surface area contributed by atoms with Crippen LogP contribution >= 0.6 is 15.9 Å². The van der Waals surface area contributed by atoms with Crippen molar-refractivity contribution < 1.29 is 24.2 Å². The molecule has 3 unspecified atom stereocenters. The molecule has 3 saturated heterocycles. The van der Waals surface area contributed by atoms with Gasteiger partial charge in [0.25, 0.3) is 5.91 Å². The molecule has 230 valence electrons. The van der Waals surface area contributed by atoms with E-state index >= 15 is 0 Å². The summed E-state index contributed by atoms with van der Waals surface area (Å²) < 4.78 is 6.66. The number of hydrogen-bond donors (Lipinski definition) is 1. The number of amides is 3. The van der Waals surface area contributed by atoms with Gasteiger partial charge in [-0.2, -0.15) is 0 Å². The molecule has 1 aromatic carbocycles. The van der Waals surface area contributed by atoms with E-state index in [0.717, 1.165) is 25.2 Å². The lowest BCUT2D eigenvalue weighted by Gasteiger charge is -2.38. The quantitative estimate of drug-likeness (QED) is 0.246. The molecule has 1 spiro atoms. The first kappa shape index (κ1) is 32.2. The number of ether oxygens (including phenoxy) is 1. The first-order valence-electron chi connectivity index (χ1n) is 15.1. The number of carbonyl (C=O) groups excluding carboxylic acids is 3. The zero-order valence-corrected chi connectivity index (χ0v) is 26.8. The highest BCUT2D eigenvalue weighted by Crippen LogP contribution is 2.61. The number of likely N-dealkylation sites (tertiary alicyclic amines) is 1. The molecule has 2 bridgehead atoms. The minimum atomic E-state index is -1.20. The van der Waals surface area contributed by atoms with Gasteiger partial charge in [0.2, 0.25) is 11.8 Å². The molecule has 4 rings (SSSR count). The topological polar surface area (TPSA) is 93.6 Å². The van der Waals surface area contributed by atoms with Gasteiger partial charge in [-0.25, -0.2) is 0 Å². The second kappa shape index (κ2) is 13.3. The molecule has 42 heavy (non-hydrogen) atoms. The van der Waals surface area contributed by atoms with Crippen molar-refractivity contribution in [3.63, 3.8) is 0 Å². The Labute approximate surface area is 258 Å². The van der Waals surface area contributed by atoms with E-state index in [9.17, 15) is 19.5 Å². The van der Waals surface area contributed by atoms with Crippen molar-refractivity contribution in [3.05, 3.63) is 49.6 Å². The van der Waals surface area contributed by atoms with Gasteiger partial charge in [0, 0.05) is 48.9 Å². The van der Waals surface area contributed by atoms with Crippen molar-refractivity contribution in [2.45, 2.75) is 69.2 Å². The van der Waals surface area contributed by atoms with Gasteiger partial charge in [0.05, 0.1) is 30.6 Å². The Kier molecular flexibility index (Phi) is 10.2. The highest BCUT2D eigenvalue weighted by Gasteiger charge is 2.77. The van der Waals surface area contributed by atoms with E-state index in [1.165, 1.54) is 4.90 Å². The van der Waals surface area contributed by atoms with Gasteiger partial charge in [-0.05, 0) is 57.9 Å². The van der Waals surface area contributed by atoms with Crippen LogP contribution in [-0.2, 0) is 19.1 Å². The second-order valence-electron chi connectivity index (χ2n) is 11.4. The van der Waals surface area contributed by atoms with Crippen molar-refractivity contribution in [2.75, 3.05) is 49.1 Å². The van der Waals surface area contributed by atoms with Crippen LogP contribution in [0.25, 0.3) is 0 Å². The van der Waals surface area contributed by atoms with Crippen molar-refractivity contribution in [1.29, 1.82) is 0 Å². The molecule has 1 aromatic rings. The lowest BCUT2D eigenvalue weighted by molar-refractivity contribution is -0.147. The van der Waals surface area contributed by atoms with Crippen LogP contribution in [0.1, 0.15) is 40.5 Å². The zero-order chi connectivity index (χ0) is 30.8. The summed E-state index contributed by atoms with van der Waals surface area (Å²) in [6.45, 7) is 18.1. The normalized spacial score (nSPS) is 28.4. The lowest BCUT2D eigenvalue weighted by atomic mass is 9.70. The van der Waals surface area contributed by atoms with Crippen LogP contribution in [0, 0.1) is 11.8 Å². The van der Waals surface area contributed by atoms with Crippen LogP contribution < -0.4 is 9.80 Å². The number of benzene rings is 1. The maximum absolute atomic E-state index is 14.7. The molecular weight excluding hydrogens is 600 g/mol. The van der Waals surface area contributed by atoms with Gasteiger partial charge in [-0.1, -0.05) is 35.0 Å². The highest BCUT2D eigenvalue weighted by molar-refractivity contribution is 9.09. The third kappa shape index (κ3) is 5.30. The Balaban J connectivity index is 1.77. The fourth-order valence-electron chi connectivity index (χ4n) is 7.15. The lowest BCUT2D eigenvalue weighted by Crippen LogP contribution is -2.59. The number of rotatable bonds is 14. The first-order chi connectivity index (χ1) is 20.1. The van der Waals surface area contributed by atoms with Crippen molar-refractivity contribution >= 4 is 45.0 Å². The van der Waals surface area contributed by atoms with E-state index in [-0.39, 0.29) is 35.7 Å². The molecule has 3 aliphatic rings. The van der Waals surface area contributed by atoms with E-state index in [0.29, 0.717) is 25.2 Å². The van der Waals surface area contributed by atoms with Crippen LogP contribution in [-0.4, -0.2) is 101 Å². The SMILES string of the molecule is C=CCN(CCC)C(=O)[C@H]1[C@H]2C(=O)N([C@H](C)CO)C(C(=O)N(CC=C)c3ccc(N(CC)CC)cc3)C23CC(Br)[C@@H]1O3. The van der Waals surface area contributed by atoms with Crippen LogP contribution in [0.2, 0.25) is 0 Å². The largest absolute Gasteiger partial charge is 0.394 e. The zero-order valence-electron chi connectivity index (χ0n) is 25.2. The molecule has 0 aromatic heterocycles. The van der Waals surface area contributed by atoms with E-state index in [2.05, 4.69) is 47.8 Å². The van der Waals surface area contributed by atoms with Gasteiger partial charge in [0.1, 0.15) is 11.6 Å².